The summed E-state index contributed by atoms with van der Waals surface area (Å²) in [6, 6.07) is 0. The standard InChI is InChI=1S/C8H13O6P/c1-3-5(4-6(9)10)8(2,7(11)12)15(13)14/h5H,3-4H2,1-2H3,(H2-,9,10,11,12,13,14)/p+1. The average molecular weight is 237 g/mol. The first-order valence-electron chi connectivity index (χ1n) is 4.38. The number of aliphatic carboxylic acids is 2. The summed E-state index contributed by atoms with van der Waals surface area (Å²) in [5, 5.41) is 15.6. The summed E-state index contributed by atoms with van der Waals surface area (Å²) >= 11 is 0. The number of hydrogen-bond donors (Lipinski definition) is 3. The summed E-state index contributed by atoms with van der Waals surface area (Å²) in [4.78, 5) is 30.4. The number of carboxylic acids is 2. The zero-order valence-corrected chi connectivity index (χ0v) is 9.40. The molecule has 0 aromatic rings. The van der Waals surface area contributed by atoms with Crippen LogP contribution in [0.5, 0.6) is 0 Å². The van der Waals surface area contributed by atoms with E-state index in [4.69, 9.17) is 15.1 Å². The molecule has 0 fully saturated rings. The van der Waals surface area contributed by atoms with Crippen LogP contribution < -0.4 is 0 Å². The Bertz CT molecular complexity index is 273. The van der Waals surface area contributed by atoms with Crippen molar-refractivity contribution in [2.24, 2.45) is 5.92 Å². The third-order valence-electron chi connectivity index (χ3n) is 2.54. The predicted octanol–water partition coefficient (Wildman–Crippen LogP) is 1.07. The van der Waals surface area contributed by atoms with Crippen LogP contribution in [0.1, 0.15) is 26.7 Å². The van der Waals surface area contributed by atoms with Crippen LogP contribution in [-0.2, 0) is 14.2 Å². The molecule has 0 heterocycles. The van der Waals surface area contributed by atoms with E-state index in [2.05, 4.69) is 0 Å². The Labute approximate surface area is 87.8 Å². The summed E-state index contributed by atoms with van der Waals surface area (Å²) in [6.45, 7) is 2.69. The van der Waals surface area contributed by atoms with Gasteiger partial charge in [-0.25, -0.2) is 4.79 Å². The lowest BCUT2D eigenvalue weighted by atomic mass is 9.88. The first-order valence-corrected chi connectivity index (χ1v) is 5.59. The van der Waals surface area contributed by atoms with E-state index in [1.165, 1.54) is 0 Å². The molecule has 0 aromatic heterocycles. The molecule has 3 atom stereocenters. The molecule has 0 aliphatic heterocycles. The molecule has 0 saturated heterocycles. The van der Waals surface area contributed by atoms with Crippen LogP contribution in [0.2, 0.25) is 0 Å². The van der Waals surface area contributed by atoms with E-state index < -0.39 is 37.5 Å². The molecule has 0 aliphatic carbocycles. The normalized spacial score (nSPS) is 17.7. The Balaban J connectivity index is 5.11. The van der Waals surface area contributed by atoms with Gasteiger partial charge in [-0.05, 0) is 17.9 Å². The Morgan fingerprint density at radius 1 is 1.40 bits per heavy atom. The van der Waals surface area contributed by atoms with Crippen LogP contribution in [0.15, 0.2) is 0 Å². The number of carboxylic acid groups (broad SMARTS) is 2. The maximum atomic E-state index is 11.0. The highest BCUT2D eigenvalue weighted by Gasteiger charge is 2.58. The van der Waals surface area contributed by atoms with Crippen LogP contribution in [0.4, 0.5) is 0 Å². The van der Waals surface area contributed by atoms with Crippen molar-refractivity contribution in [3.8, 4) is 0 Å². The van der Waals surface area contributed by atoms with E-state index in [0.717, 1.165) is 6.92 Å². The molecule has 0 amide bonds. The van der Waals surface area contributed by atoms with Gasteiger partial charge in [-0.15, -0.1) is 0 Å². The molecular formula is C8H14O6P+. The van der Waals surface area contributed by atoms with E-state index in [9.17, 15) is 14.2 Å². The molecule has 6 nitrogen and oxygen atoms in total. The van der Waals surface area contributed by atoms with Crippen LogP contribution in [0.25, 0.3) is 0 Å². The highest BCUT2D eigenvalue weighted by atomic mass is 31.1. The quantitative estimate of drug-likeness (QED) is 0.595. The highest BCUT2D eigenvalue weighted by Crippen LogP contribution is 2.44. The van der Waals surface area contributed by atoms with Gasteiger partial charge in [-0.2, -0.15) is 4.89 Å². The minimum absolute atomic E-state index is 0.219. The van der Waals surface area contributed by atoms with Crippen molar-refractivity contribution in [2.45, 2.75) is 31.8 Å². The highest BCUT2D eigenvalue weighted by molar-refractivity contribution is 7.41. The van der Waals surface area contributed by atoms with Crippen molar-refractivity contribution in [1.29, 1.82) is 0 Å². The van der Waals surface area contributed by atoms with E-state index >= 15 is 0 Å². The van der Waals surface area contributed by atoms with Crippen LogP contribution in [-0.4, -0.2) is 32.2 Å². The lowest BCUT2D eigenvalue weighted by Gasteiger charge is -2.20. The van der Waals surface area contributed by atoms with Gasteiger partial charge in [-0.1, -0.05) is 6.92 Å². The molecule has 0 radical (unpaired) electrons. The van der Waals surface area contributed by atoms with Gasteiger partial charge < -0.3 is 10.2 Å². The number of rotatable bonds is 6. The van der Waals surface area contributed by atoms with Crippen molar-refractivity contribution in [3.05, 3.63) is 0 Å². The smallest absolute Gasteiger partial charge is 0.481 e. The molecule has 86 valence electrons. The molecule has 0 aliphatic rings. The fourth-order valence-electron chi connectivity index (χ4n) is 1.36. The first-order chi connectivity index (χ1) is 6.76. The molecule has 3 unspecified atom stereocenters. The van der Waals surface area contributed by atoms with E-state index in [0.29, 0.717) is 0 Å². The second-order valence-electron chi connectivity index (χ2n) is 3.43. The second-order valence-corrected chi connectivity index (χ2v) is 4.90. The Morgan fingerprint density at radius 3 is 2.07 bits per heavy atom. The summed E-state index contributed by atoms with van der Waals surface area (Å²) in [7, 11) is -2.97. The van der Waals surface area contributed by atoms with Crippen LogP contribution in [0.3, 0.4) is 0 Å². The molecular weight excluding hydrogens is 223 g/mol. The summed E-state index contributed by atoms with van der Waals surface area (Å²) in [6.07, 6.45) is -0.211. The van der Waals surface area contributed by atoms with Gasteiger partial charge >= 0.3 is 20.0 Å². The zero-order chi connectivity index (χ0) is 12.2. The molecule has 0 spiro atoms. The van der Waals surface area contributed by atoms with Gasteiger partial charge in [0.15, 0.2) is 0 Å². The molecule has 0 rings (SSSR count). The van der Waals surface area contributed by atoms with Gasteiger partial charge in [0.1, 0.15) is 0 Å². The third kappa shape index (κ3) is 2.97. The SMILES string of the molecule is CCC(CC(=O)O)C(C)(C(=O)O)[P+](=O)O. The minimum atomic E-state index is -2.97. The largest absolute Gasteiger partial charge is 0.523 e. The molecule has 0 bridgehead atoms. The maximum absolute atomic E-state index is 11.0. The number of hydrogen-bond acceptors (Lipinski definition) is 3. The monoisotopic (exact) mass is 237 g/mol. The van der Waals surface area contributed by atoms with E-state index in [-0.39, 0.29) is 6.42 Å². The fourth-order valence-corrected chi connectivity index (χ4v) is 2.11. The Kier molecular flexibility index (Phi) is 4.84. The zero-order valence-electron chi connectivity index (χ0n) is 8.51. The van der Waals surface area contributed by atoms with E-state index in [1.807, 2.05) is 0 Å². The molecule has 0 aromatic carbocycles. The van der Waals surface area contributed by atoms with Crippen LogP contribution in [0, 0.1) is 5.92 Å². The van der Waals surface area contributed by atoms with Gasteiger partial charge in [0.2, 0.25) is 0 Å². The molecule has 15 heavy (non-hydrogen) atoms. The van der Waals surface area contributed by atoms with Crippen molar-refractivity contribution < 1.29 is 29.3 Å². The minimum Gasteiger partial charge on any atom is -0.481 e. The average Bonchev–Trinajstić information content (AvgIpc) is 2.11. The van der Waals surface area contributed by atoms with Gasteiger partial charge in [0.25, 0.3) is 5.16 Å². The Hall–Kier alpha value is -1.00. The van der Waals surface area contributed by atoms with Crippen molar-refractivity contribution in [2.75, 3.05) is 0 Å². The summed E-state index contributed by atoms with van der Waals surface area (Å²) < 4.78 is 11.0. The van der Waals surface area contributed by atoms with Gasteiger partial charge in [0.05, 0.1) is 6.42 Å². The van der Waals surface area contributed by atoms with Gasteiger partial charge in [-0.3, -0.25) is 4.79 Å². The van der Waals surface area contributed by atoms with Crippen molar-refractivity contribution in [3.63, 3.8) is 0 Å². The molecule has 7 heteroatoms. The van der Waals surface area contributed by atoms with Gasteiger partial charge in [0, 0.05) is 5.92 Å². The lowest BCUT2D eigenvalue weighted by Crippen LogP contribution is -2.40. The van der Waals surface area contributed by atoms with Crippen molar-refractivity contribution in [1.82, 2.24) is 0 Å². The third-order valence-corrected chi connectivity index (χ3v) is 3.89. The summed E-state index contributed by atoms with van der Waals surface area (Å²) in [5.41, 5.74) is 0. The van der Waals surface area contributed by atoms with E-state index in [1.54, 1.807) is 6.92 Å². The predicted molar refractivity (Wildman–Crippen MR) is 51.9 cm³/mol. The first kappa shape index (κ1) is 14.0. The topological polar surface area (TPSA) is 112 Å². The number of carbonyl (C=O) groups is 2. The lowest BCUT2D eigenvalue weighted by molar-refractivity contribution is -0.143. The Morgan fingerprint density at radius 2 is 1.87 bits per heavy atom. The fraction of sp³-hybridized carbons (Fsp3) is 0.750. The molecule has 0 saturated carbocycles. The molecule has 3 N–H and O–H groups in total. The second kappa shape index (κ2) is 5.19. The maximum Gasteiger partial charge on any atom is 0.523 e. The van der Waals surface area contributed by atoms with Crippen LogP contribution >= 0.6 is 8.03 Å². The summed E-state index contributed by atoms with van der Waals surface area (Å²) in [5.74, 6) is -3.48. The van der Waals surface area contributed by atoms with Crippen molar-refractivity contribution >= 4 is 20.0 Å².